The second kappa shape index (κ2) is 4.12. The van der Waals surface area contributed by atoms with Crippen LogP contribution in [0.25, 0.3) is 0 Å². The van der Waals surface area contributed by atoms with Crippen molar-refractivity contribution in [1.82, 2.24) is 9.80 Å². The minimum absolute atomic E-state index is 0.361. The van der Waals surface area contributed by atoms with Gasteiger partial charge in [0.05, 0.1) is 0 Å². The van der Waals surface area contributed by atoms with Crippen LogP contribution < -0.4 is 0 Å². The van der Waals surface area contributed by atoms with Crippen LogP contribution in [0.3, 0.4) is 0 Å². The maximum atomic E-state index is 11.7. The number of piperidine rings is 1. The Morgan fingerprint density at radius 1 is 1.27 bits per heavy atom. The van der Waals surface area contributed by atoms with E-state index < -0.39 is 0 Å². The molecule has 1 amide bonds. The van der Waals surface area contributed by atoms with Crippen molar-refractivity contribution in [2.45, 2.75) is 32.6 Å². The lowest BCUT2D eigenvalue weighted by Gasteiger charge is -2.52. The predicted molar refractivity (Wildman–Crippen MR) is 60.7 cm³/mol. The highest BCUT2D eigenvalue weighted by molar-refractivity contribution is 5.76. The average molecular weight is 210 g/mol. The molecule has 3 heteroatoms. The highest BCUT2D eigenvalue weighted by Gasteiger charge is 2.43. The molecule has 0 unspecified atom stereocenters. The molecule has 0 aromatic heterocycles. The highest BCUT2D eigenvalue weighted by atomic mass is 16.2. The minimum atomic E-state index is 0.361. The van der Waals surface area contributed by atoms with E-state index in [2.05, 4.69) is 23.8 Å². The number of nitrogens with zero attached hydrogens (tertiary/aromatic N) is 2. The molecule has 2 rings (SSSR count). The van der Waals surface area contributed by atoms with Crippen LogP contribution in [0.15, 0.2) is 0 Å². The van der Waals surface area contributed by atoms with Gasteiger partial charge in [-0.15, -0.1) is 0 Å². The second-order valence-electron chi connectivity index (χ2n) is 5.30. The third kappa shape index (κ3) is 2.17. The van der Waals surface area contributed by atoms with Crippen LogP contribution in [0.4, 0.5) is 0 Å². The zero-order chi connectivity index (χ0) is 10.9. The molecular weight excluding hydrogens is 188 g/mol. The van der Waals surface area contributed by atoms with Gasteiger partial charge in [0.15, 0.2) is 0 Å². The van der Waals surface area contributed by atoms with Crippen LogP contribution in [-0.4, -0.2) is 48.9 Å². The number of amides is 1. The topological polar surface area (TPSA) is 23.6 Å². The Balaban J connectivity index is 1.79. The van der Waals surface area contributed by atoms with Gasteiger partial charge in [-0.3, -0.25) is 4.79 Å². The van der Waals surface area contributed by atoms with Crippen LogP contribution in [-0.2, 0) is 4.79 Å². The quantitative estimate of drug-likeness (QED) is 0.686. The second-order valence-corrected chi connectivity index (χ2v) is 5.30. The van der Waals surface area contributed by atoms with Gasteiger partial charge >= 0.3 is 0 Å². The fraction of sp³-hybridized carbons (Fsp3) is 0.917. The summed E-state index contributed by atoms with van der Waals surface area (Å²) in [6.07, 6.45) is 4.13. The van der Waals surface area contributed by atoms with E-state index in [1.54, 1.807) is 0 Å². The molecule has 0 saturated carbocycles. The normalized spacial score (nSPS) is 25.3. The molecule has 2 aliphatic heterocycles. The Morgan fingerprint density at radius 3 is 2.33 bits per heavy atom. The van der Waals surface area contributed by atoms with Gasteiger partial charge in [0.25, 0.3) is 0 Å². The van der Waals surface area contributed by atoms with Gasteiger partial charge in [0, 0.05) is 32.6 Å². The Labute approximate surface area is 92.4 Å². The molecular formula is C12H22N2O. The van der Waals surface area contributed by atoms with Crippen LogP contribution >= 0.6 is 0 Å². The van der Waals surface area contributed by atoms with E-state index in [1.807, 2.05) is 0 Å². The first-order valence-corrected chi connectivity index (χ1v) is 6.11. The zero-order valence-electron chi connectivity index (χ0n) is 9.96. The van der Waals surface area contributed by atoms with Crippen molar-refractivity contribution in [2.24, 2.45) is 5.41 Å². The molecule has 0 aromatic carbocycles. The average Bonchev–Trinajstić information content (AvgIpc) is 2.17. The number of hydrogen-bond acceptors (Lipinski definition) is 2. The summed E-state index contributed by atoms with van der Waals surface area (Å²) in [7, 11) is 2.18. The predicted octanol–water partition coefficient (Wildman–Crippen LogP) is 1.34. The molecule has 3 nitrogen and oxygen atoms in total. The summed E-state index contributed by atoms with van der Waals surface area (Å²) < 4.78 is 0. The molecule has 0 bridgehead atoms. The van der Waals surface area contributed by atoms with E-state index in [-0.39, 0.29) is 0 Å². The van der Waals surface area contributed by atoms with Crippen molar-refractivity contribution in [2.75, 3.05) is 33.2 Å². The molecule has 0 aliphatic carbocycles. The van der Waals surface area contributed by atoms with Gasteiger partial charge in [-0.05, 0) is 31.7 Å². The summed E-state index contributed by atoms with van der Waals surface area (Å²) in [4.78, 5) is 16.1. The first kappa shape index (κ1) is 10.9. The van der Waals surface area contributed by atoms with Gasteiger partial charge in [0.1, 0.15) is 0 Å². The van der Waals surface area contributed by atoms with Crippen molar-refractivity contribution in [3.63, 3.8) is 0 Å². The van der Waals surface area contributed by atoms with Crippen molar-refractivity contribution in [1.29, 1.82) is 0 Å². The third-order valence-electron chi connectivity index (χ3n) is 3.85. The molecule has 2 aliphatic rings. The van der Waals surface area contributed by atoms with Crippen LogP contribution in [0, 0.1) is 5.41 Å². The molecule has 0 N–H and O–H groups in total. The van der Waals surface area contributed by atoms with Crippen molar-refractivity contribution < 1.29 is 4.79 Å². The van der Waals surface area contributed by atoms with Gasteiger partial charge in [-0.1, -0.05) is 6.92 Å². The lowest BCUT2D eigenvalue weighted by atomic mass is 9.72. The molecule has 15 heavy (non-hydrogen) atoms. The summed E-state index contributed by atoms with van der Waals surface area (Å²) in [5.41, 5.74) is 0.567. The van der Waals surface area contributed by atoms with E-state index in [0.29, 0.717) is 11.3 Å². The Kier molecular flexibility index (Phi) is 3.01. The van der Waals surface area contributed by atoms with Crippen molar-refractivity contribution in [3.8, 4) is 0 Å². The van der Waals surface area contributed by atoms with E-state index in [1.165, 1.54) is 25.9 Å². The molecule has 2 heterocycles. The first-order valence-electron chi connectivity index (χ1n) is 6.11. The van der Waals surface area contributed by atoms with E-state index in [0.717, 1.165) is 25.9 Å². The van der Waals surface area contributed by atoms with Gasteiger partial charge in [-0.2, -0.15) is 0 Å². The van der Waals surface area contributed by atoms with E-state index >= 15 is 0 Å². The summed E-state index contributed by atoms with van der Waals surface area (Å²) in [6.45, 7) is 6.54. The monoisotopic (exact) mass is 210 g/mol. The van der Waals surface area contributed by atoms with Gasteiger partial charge in [-0.25, -0.2) is 0 Å². The molecule has 86 valence electrons. The minimum Gasteiger partial charge on any atom is -0.343 e. The Hall–Kier alpha value is -0.570. The van der Waals surface area contributed by atoms with Crippen molar-refractivity contribution in [3.05, 3.63) is 0 Å². The summed E-state index contributed by atoms with van der Waals surface area (Å²) in [5.74, 6) is 0.361. The van der Waals surface area contributed by atoms with Crippen LogP contribution in [0.2, 0.25) is 0 Å². The van der Waals surface area contributed by atoms with E-state index in [4.69, 9.17) is 0 Å². The highest BCUT2D eigenvalue weighted by Crippen LogP contribution is 2.39. The molecule has 2 saturated heterocycles. The van der Waals surface area contributed by atoms with Crippen LogP contribution in [0.5, 0.6) is 0 Å². The number of carbonyl (C=O) groups is 1. The largest absolute Gasteiger partial charge is 0.343 e. The van der Waals surface area contributed by atoms with Crippen LogP contribution in [0.1, 0.15) is 32.6 Å². The van der Waals surface area contributed by atoms with Gasteiger partial charge in [0.2, 0.25) is 5.91 Å². The van der Waals surface area contributed by atoms with Crippen molar-refractivity contribution >= 4 is 5.91 Å². The maximum absolute atomic E-state index is 11.7. The number of likely N-dealkylation sites (tertiary alicyclic amines) is 2. The fourth-order valence-electron chi connectivity index (χ4n) is 3.02. The number of rotatable bonds is 2. The first-order chi connectivity index (χ1) is 7.15. The Bertz CT molecular complexity index is 236. The molecule has 0 radical (unpaired) electrons. The maximum Gasteiger partial charge on any atom is 0.222 e. The lowest BCUT2D eigenvalue weighted by Crippen LogP contribution is -2.59. The Morgan fingerprint density at radius 2 is 1.87 bits per heavy atom. The lowest BCUT2D eigenvalue weighted by molar-refractivity contribution is -0.135. The van der Waals surface area contributed by atoms with E-state index in [9.17, 15) is 4.79 Å². The smallest absolute Gasteiger partial charge is 0.222 e. The van der Waals surface area contributed by atoms with Gasteiger partial charge < -0.3 is 9.80 Å². The molecule has 1 spiro atoms. The summed E-state index contributed by atoms with van der Waals surface area (Å²) in [5, 5.41) is 0. The standard InChI is InChI=1S/C12H22N2O/c1-3-4-11(15)14-7-5-12(6-8-14)9-13(2)10-12/h3-10H2,1-2H3. The SMILES string of the molecule is CCCC(=O)N1CCC2(CC1)CN(C)C2. The summed E-state index contributed by atoms with van der Waals surface area (Å²) >= 11 is 0. The molecule has 0 atom stereocenters. The summed E-state index contributed by atoms with van der Waals surface area (Å²) in [6, 6.07) is 0. The molecule has 0 aromatic rings. The number of carbonyl (C=O) groups excluding carboxylic acids is 1. The molecule has 2 fully saturated rings. The fourth-order valence-corrected chi connectivity index (χ4v) is 3.02. The number of hydrogen-bond donors (Lipinski definition) is 0. The third-order valence-corrected chi connectivity index (χ3v) is 3.85. The zero-order valence-corrected chi connectivity index (χ0v) is 9.96.